The molecule has 6 unspecified atom stereocenters. The van der Waals surface area contributed by atoms with E-state index < -0.39 is 57.0 Å². The lowest BCUT2D eigenvalue weighted by atomic mass is 9.73. The van der Waals surface area contributed by atoms with Crippen LogP contribution in [0.1, 0.15) is 136 Å². The Bertz CT molecular complexity index is 2130. The molecule has 0 radical (unpaired) electrons. The van der Waals surface area contributed by atoms with Gasteiger partial charge in [0.25, 0.3) is 5.91 Å². The number of nitrogens with one attached hydrogen (secondary N) is 4. The SMILES string of the molecule is CC1CC1(CC(=O)NS(=O)(=O)N1CCCC1)NC(=O)C1CC2(CN1C(=O)C(NC(=O)C(NC(=O)c1cc3ccccc3o1)C1CCCCC1)C(C)(C)C)C(C)(C)C21CCC1. The first-order valence-corrected chi connectivity index (χ1v) is 23.7. The third-order valence-corrected chi connectivity index (χ3v) is 17.6. The van der Waals surface area contributed by atoms with Gasteiger partial charge in [-0.05, 0) is 91.6 Å². The Morgan fingerprint density at radius 3 is 2.15 bits per heavy atom. The molecular weight excluding hydrogens is 785 g/mol. The lowest BCUT2D eigenvalue weighted by molar-refractivity contribution is -0.144. The fraction of sp³-hybridized carbons (Fsp3) is 0.711. The summed E-state index contributed by atoms with van der Waals surface area (Å²) in [5.74, 6) is -2.45. The maximum Gasteiger partial charge on any atom is 0.303 e. The Labute approximate surface area is 354 Å². The van der Waals surface area contributed by atoms with Gasteiger partial charge in [0.15, 0.2) is 5.76 Å². The molecule has 328 valence electrons. The van der Waals surface area contributed by atoms with Crippen molar-refractivity contribution in [1.82, 2.24) is 29.9 Å². The first-order valence-electron chi connectivity index (χ1n) is 22.3. The molecule has 2 spiro atoms. The Morgan fingerprint density at radius 2 is 1.57 bits per heavy atom. The topological polar surface area (TPSA) is 187 Å². The number of amides is 5. The summed E-state index contributed by atoms with van der Waals surface area (Å²) >= 11 is 0. The summed E-state index contributed by atoms with van der Waals surface area (Å²) in [5.41, 5.74) is -1.55. The highest BCUT2D eigenvalue weighted by Crippen LogP contribution is 2.88. The molecule has 1 aromatic heterocycles. The van der Waals surface area contributed by atoms with Gasteiger partial charge in [0.05, 0.1) is 12.0 Å². The van der Waals surface area contributed by atoms with Crippen molar-refractivity contribution < 1.29 is 36.8 Å². The molecule has 3 heterocycles. The highest BCUT2D eigenvalue weighted by Gasteiger charge is 2.85. The molecule has 4 N–H and O–H groups in total. The van der Waals surface area contributed by atoms with Crippen molar-refractivity contribution in [1.29, 1.82) is 0 Å². The van der Waals surface area contributed by atoms with Crippen molar-refractivity contribution in [3.05, 3.63) is 36.1 Å². The molecular formula is C45H64N6O8S. The molecule has 0 bridgehead atoms. The van der Waals surface area contributed by atoms with Gasteiger partial charge < -0.3 is 25.3 Å². The predicted octanol–water partition coefficient (Wildman–Crippen LogP) is 5.18. The Kier molecular flexibility index (Phi) is 10.8. The first kappa shape index (κ1) is 42.7. The second kappa shape index (κ2) is 15.1. The average molecular weight is 849 g/mol. The van der Waals surface area contributed by atoms with Crippen LogP contribution in [0.4, 0.5) is 0 Å². The molecule has 4 aliphatic carbocycles. The van der Waals surface area contributed by atoms with E-state index in [1.54, 1.807) is 17.0 Å². The second-order valence-electron chi connectivity index (χ2n) is 20.7. The van der Waals surface area contributed by atoms with Crippen LogP contribution in [0, 0.1) is 33.5 Å². The van der Waals surface area contributed by atoms with Gasteiger partial charge in [-0.1, -0.05) is 85.4 Å². The van der Waals surface area contributed by atoms with Crippen LogP contribution in [-0.2, 0) is 29.4 Å². The van der Waals surface area contributed by atoms with Crippen LogP contribution < -0.4 is 20.7 Å². The molecule has 14 nitrogen and oxygen atoms in total. The van der Waals surface area contributed by atoms with Gasteiger partial charge >= 0.3 is 10.2 Å². The average Bonchev–Trinajstić information content (AvgIpc) is 3.63. The number of furan rings is 1. The standard InChI is InChI=1S/C45H64N6O8S/c1-28-24-43(28,26-34(52)49-60(57,58)50-21-12-13-22-50)48-37(53)31-25-45(42(5,6)44(45)19-14-20-44)27-51(31)40(56)36(41(2,3)4)47-39(55)35(29-15-8-7-9-16-29)46-38(54)33-23-30-17-10-11-18-32(30)59-33/h10-11,17-18,23,28-29,31,35-36H,7-9,12-16,19-22,24-27H2,1-6H3,(H,46,54)(H,47,55)(H,48,53)(H,49,52). The van der Waals surface area contributed by atoms with E-state index in [0.717, 1.165) is 69.6 Å². The van der Waals surface area contributed by atoms with Crippen molar-refractivity contribution in [2.45, 2.75) is 149 Å². The molecule has 5 amide bonds. The highest BCUT2D eigenvalue weighted by molar-refractivity contribution is 7.87. The van der Waals surface area contributed by atoms with Crippen molar-refractivity contribution >= 4 is 50.7 Å². The molecule has 4 saturated carbocycles. The molecule has 6 atom stereocenters. The van der Waals surface area contributed by atoms with Crippen molar-refractivity contribution in [2.24, 2.45) is 33.5 Å². The van der Waals surface area contributed by atoms with Gasteiger partial charge in [-0.3, -0.25) is 24.0 Å². The lowest BCUT2D eigenvalue weighted by Crippen LogP contribution is -2.61. The molecule has 1 aromatic carbocycles. The number of carbonyl (C=O) groups excluding carboxylic acids is 5. The first-order chi connectivity index (χ1) is 28.2. The monoisotopic (exact) mass is 848 g/mol. The Hall–Kier alpha value is -3.98. The van der Waals surface area contributed by atoms with E-state index in [1.165, 1.54) is 4.31 Å². The van der Waals surface area contributed by atoms with E-state index in [2.05, 4.69) is 34.5 Å². The maximum atomic E-state index is 15.2. The fourth-order valence-electron chi connectivity index (χ4n) is 12.0. The number of rotatable bonds is 12. The molecule has 2 aliphatic heterocycles. The number of carbonyl (C=O) groups is 5. The zero-order chi connectivity index (χ0) is 43.0. The van der Waals surface area contributed by atoms with Crippen LogP contribution >= 0.6 is 0 Å². The van der Waals surface area contributed by atoms with Crippen LogP contribution in [0.2, 0.25) is 0 Å². The molecule has 2 aromatic rings. The van der Waals surface area contributed by atoms with Crippen molar-refractivity contribution in [3.8, 4) is 0 Å². The van der Waals surface area contributed by atoms with Crippen LogP contribution in [0.3, 0.4) is 0 Å². The number of likely N-dealkylation sites (tertiary alicyclic amines) is 1. The van der Waals surface area contributed by atoms with Gasteiger partial charge in [0.1, 0.15) is 23.7 Å². The maximum absolute atomic E-state index is 15.2. The quantitative estimate of drug-likeness (QED) is 0.225. The highest BCUT2D eigenvalue weighted by atomic mass is 32.2. The largest absolute Gasteiger partial charge is 0.451 e. The van der Waals surface area contributed by atoms with Crippen LogP contribution in [-0.4, -0.2) is 90.5 Å². The van der Waals surface area contributed by atoms with Crippen molar-refractivity contribution in [3.63, 3.8) is 0 Å². The van der Waals surface area contributed by atoms with E-state index in [-0.39, 0.29) is 52.1 Å². The van der Waals surface area contributed by atoms with Crippen LogP contribution in [0.15, 0.2) is 34.7 Å². The summed E-state index contributed by atoms with van der Waals surface area (Å²) in [4.78, 5) is 73.2. The van der Waals surface area contributed by atoms with Crippen LogP contribution in [0.25, 0.3) is 11.0 Å². The number of fused-ring (bicyclic) bond motifs is 2. The predicted molar refractivity (Wildman–Crippen MR) is 225 cm³/mol. The summed E-state index contributed by atoms with van der Waals surface area (Å²) in [6.07, 6.45) is 9.79. The number of para-hydroxylation sites is 1. The summed E-state index contributed by atoms with van der Waals surface area (Å²) in [6.45, 7) is 13.2. The number of nitrogens with zero attached hydrogens (tertiary/aromatic N) is 2. The van der Waals surface area contributed by atoms with Gasteiger partial charge in [-0.25, -0.2) is 4.72 Å². The van der Waals surface area contributed by atoms with E-state index in [4.69, 9.17) is 4.42 Å². The van der Waals surface area contributed by atoms with Gasteiger partial charge in [-0.15, -0.1) is 0 Å². The summed E-state index contributed by atoms with van der Waals surface area (Å²) < 4.78 is 35.2. The number of benzene rings is 1. The molecule has 6 fully saturated rings. The Morgan fingerprint density at radius 1 is 0.900 bits per heavy atom. The van der Waals surface area contributed by atoms with Gasteiger partial charge in [0.2, 0.25) is 23.6 Å². The van der Waals surface area contributed by atoms with E-state index in [1.807, 2.05) is 45.9 Å². The normalized spacial score (nSPS) is 29.5. The lowest BCUT2D eigenvalue weighted by Gasteiger charge is -2.38. The fourth-order valence-corrected chi connectivity index (χ4v) is 13.2. The van der Waals surface area contributed by atoms with Gasteiger partial charge in [0, 0.05) is 30.4 Å². The van der Waals surface area contributed by atoms with E-state index in [0.29, 0.717) is 38.1 Å². The Balaban J connectivity index is 1.04. The third kappa shape index (κ3) is 7.22. The summed E-state index contributed by atoms with van der Waals surface area (Å²) in [6, 6.07) is 6.20. The smallest absolute Gasteiger partial charge is 0.303 e. The molecule has 6 aliphatic rings. The number of hydrogen-bond donors (Lipinski definition) is 4. The van der Waals surface area contributed by atoms with Crippen molar-refractivity contribution in [2.75, 3.05) is 19.6 Å². The van der Waals surface area contributed by atoms with E-state index in [9.17, 15) is 27.6 Å². The minimum absolute atomic E-state index is 0.00935. The molecule has 15 heteroatoms. The zero-order valence-corrected chi connectivity index (χ0v) is 37.0. The molecule has 2 saturated heterocycles. The van der Waals surface area contributed by atoms with E-state index >= 15 is 4.79 Å². The molecule has 8 rings (SSSR count). The second-order valence-corrected chi connectivity index (χ2v) is 22.4. The minimum Gasteiger partial charge on any atom is -0.451 e. The van der Waals surface area contributed by atoms with Crippen LogP contribution in [0.5, 0.6) is 0 Å². The summed E-state index contributed by atoms with van der Waals surface area (Å²) in [7, 11) is -3.98. The third-order valence-electron chi connectivity index (χ3n) is 16.1. The minimum atomic E-state index is -3.98. The molecule has 60 heavy (non-hydrogen) atoms. The zero-order valence-electron chi connectivity index (χ0n) is 36.2. The number of hydrogen-bond acceptors (Lipinski definition) is 8. The summed E-state index contributed by atoms with van der Waals surface area (Å²) in [5, 5.41) is 10.0. The van der Waals surface area contributed by atoms with Gasteiger partial charge in [-0.2, -0.15) is 12.7 Å².